The van der Waals surface area contributed by atoms with Crippen molar-refractivity contribution in [3.05, 3.63) is 115 Å². The van der Waals surface area contributed by atoms with Gasteiger partial charge in [0, 0.05) is 37.2 Å². The van der Waals surface area contributed by atoms with E-state index in [0.717, 1.165) is 96.9 Å². The van der Waals surface area contributed by atoms with Crippen LogP contribution in [0.5, 0.6) is 0 Å². The molecule has 3 amide bonds. The molecular formula is C46H54N8O4. The molecule has 5 aromatic rings. The van der Waals surface area contributed by atoms with Gasteiger partial charge in [0.15, 0.2) is 0 Å². The zero-order valence-electron chi connectivity index (χ0n) is 33.5. The van der Waals surface area contributed by atoms with E-state index >= 15 is 0 Å². The fraction of sp³-hybridized carbons (Fsp3) is 0.413. The number of nitrogens with one attached hydrogen (secondary N) is 2. The number of rotatable bonds is 12. The number of hydrogen-bond donors (Lipinski definition) is 3. The van der Waals surface area contributed by atoms with Crippen LogP contribution in [0.4, 0.5) is 4.79 Å². The van der Waals surface area contributed by atoms with Crippen molar-refractivity contribution in [2.24, 2.45) is 5.92 Å². The predicted molar refractivity (Wildman–Crippen MR) is 223 cm³/mol. The maximum atomic E-state index is 14.2. The van der Waals surface area contributed by atoms with Crippen LogP contribution in [0.1, 0.15) is 101 Å². The van der Waals surface area contributed by atoms with Crippen molar-refractivity contribution in [2.45, 2.75) is 89.4 Å². The number of likely N-dealkylation sites (tertiary alicyclic amines) is 2. The Balaban J connectivity index is 0.947. The van der Waals surface area contributed by atoms with E-state index in [4.69, 9.17) is 9.97 Å². The minimum absolute atomic E-state index is 0.0270. The third-order valence-electron chi connectivity index (χ3n) is 12.5. The SMILES string of the molecule is CCN(CC)[C@@H](C(=O)N1CCC[C@H]1c1ncc(-c2ccc(-c3ccc(-n4ccnc4[C@@H]4CCCN4C(=O)[C@H]4CCCC[C@H]4NC(=O)O)cc3)cc2)[nH]1)c1ccccc1. The van der Waals surface area contributed by atoms with E-state index in [2.05, 4.69) is 94.3 Å². The van der Waals surface area contributed by atoms with E-state index in [9.17, 15) is 19.5 Å². The summed E-state index contributed by atoms with van der Waals surface area (Å²) in [4.78, 5) is 58.9. The summed E-state index contributed by atoms with van der Waals surface area (Å²) in [7, 11) is 0. The second-order valence-electron chi connectivity index (χ2n) is 15.8. The minimum Gasteiger partial charge on any atom is -0.465 e. The van der Waals surface area contributed by atoms with E-state index in [1.165, 1.54) is 0 Å². The topological polar surface area (TPSA) is 140 Å². The first-order valence-corrected chi connectivity index (χ1v) is 21.0. The van der Waals surface area contributed by atoms with E-state index in [0.29, 0.717) is 25.9 Å². The third kappa shape index (κ3) is 7.90. The average molecular weight is 783 g/mol. The molecule has 58 heavy (non-hydrogen) atoms. The number of carbonyl (C=O) groups is 3. The van der Waals surface area contributed by atoms with E-state index in [1.54, 1.807) is 6.20 Å². The van der Waals surface area contributed by atoms with Gasteiger partial charge in [0.25, 0.3) is 0 Å². The fourth-order valence-corrected chi connectivity index (χ4v) is 9.56. The molecule has 3 aliphatic rings. The van der Waals surface area contributed by atoms with Gasteiger partial charge in [0.05, 0.1) is 29.9 Å². The summed E-state index contributed by atoms with van der Waals surface area (Å²) in [5.74, 6) is 1.46. The number of aromatic amines is 1. The van der Waals surface area contributed by atoms with Gasteiger partial charge >= 0.3 is 6.09 Å². The van der Waals surface area contributed by atoms with Gasteiger partial charge in [-0.15, -0.1) is 0 Å². The van der Waals surface area contributed by atoms with Crippen LogP contribution >= 0.6 is 0 Å². The van der Waals surface area contributed by atoms with Crippen molar-refractivity contribution < 1.29 is 19.5 Å². The number of hydrogen-bond acceptors (Lipinski definition) is 6. The molecule has 12 heteroatoms. The van der Waals surface area contributed by atoms with Crippen LogP contribution in [0, 0.1) is 5.92 Å². The standard InChI is InChI=1S/C46H54N8O4/c1-3-51(4-2)41(34-12-6-5-7-13-34)45(56)53-27-10-16-39(53)42-48-30-38(49-42)33-20-18-31(19-21-33)32-22-24-35(25-23-32)52-29-26-47-43(52)40-17-11-28-54(40)44(55)36-14-8-9-15-37(36)50-46(57)58/h5-7,12-13,18-26,29-30,36-37,39-41,50H,3-4,8-11,14-17,27-28H2,1-2H3,(H,48,49)(H,57,58)/t36-,37+,39-,40-,41+/m0/s1. The van der Waals surface area contributed by atoms with Gasteiger partial charge in [-0.25, -0.2) is 14.8 Å². The molecule has 302 valence electrons. The summed E-state index contributed by atoms with van der Waals surface area (Å²) in [6, 6.07) is 26.0. The maximum Gasteiger partial charge on any atom is 0.404 e. The first-order valence-electron chi connectivity index (χ1n) is 21.0. The van der Waals surface area contributed by atoms with Crippen LogP contribution in [-0.4, -0.2) is 89.5 Å². The van der Waals surface area contributed by atoms with E-state index in [1.807, 2.05) is 40.4 Å². The Bertz CT molecular complexity index is 2180. The fourth-order valence-electron chi connectivity index (χ4n) is 9.56. The summed E-state index contributed by atoms with van der Waals surface area (Å²) in [6.07, 6.45) is 11.3. The molecule has 8 rings (SSSR count). The summed E-state index contributed by atoms with van der Waals surface area (Å²) in [5.41, 5.74) is 6.10. The molecule has 1 saturated carbocycles. The van der Waals surface area contributed by atoms with E-state index in [-0.39, 0.29) is 41.9 Å². The van der Waals surface area contributed by atoms with Crippen molar-refractivity contribution >= 4 is 17.9 Å². The molecule has 5 atom stereocenters. The van der Waals surface area contributed by atoms with Gasteiger partial charge in [-0.2, -0.15) is 0 Å². The van der Waals surface area contributed by atoms with Gasteiger partial charge in [-0.1, -0.05) is 93.4 Å². The van der Waals surface area contributed by atoms with Crippen molar-refractivity contribution in [2.75, 3.05) is 26.2 Å². The first-order chi connectivity index (χ1) is 28.3. The third-order valence-corrected chi connectivity index (χ3v) is 12.5. The quantitative estimate of drug-likeness (QED) is 0.116. The van der Waals surface area contributed by atoms with Gasteiger partial charge < -0.3 is 29.8 Å². The monoisotopic (exact) mass is 782 g/mol. The van der Waals surface area contributed by atoms with Gasteiger partial charge in [-0.05, 0) is 86.0 Å². The number of benzene rings is 3. The lowest BCUT2D eigenvalue weighted by molar-refractivity contribution is -0.139. The lowest BCUT2D eigenvalue weighted by atomic mass is 9.83. The molecule has 3 fully saturated rings. The number of likely N-dealkylation sites (N-methyl/N-ethyl adjacent to an activating group) is 1. The summed E-state index contributed by atoms with van der Waals surface area (Å²) >= 11 is 0. The molecule has 12 nitrogen and oxygen atoms in total. The van der Waals surface area contributed by atoms with Crippen LogP contribution in [0.2, 0.25) is 0 Å². The maximum absolute atomic E-state index is 14.2. The van der Waals surface area contributed by atoms with Crippen LogP contribution in [0.3, 0.4) is 0 Å². The van der Waals surface area contributed by atoms with Crippen LogP contribution in [-0.2, 0) is 9.59 Å². The summed E-state index contributed by atoms with van der Waals surface area (Å²) < 4.78 is 2.07. The molecule has 3 N–H and O–H groups in total. The molecule has 2 aromatic heterocycles. The second kappa shape index (κ2) is 17.4. The van der Waals surface area contributed by atoms with Crippen molar-refractivity contribution in [3.63, 3.8) is 0 Å². The molecule has 0 unspecified atom stereocenters. The number of carbonyl (C=O) groups excluding carboxylic acids is 2. The molecular weight excluding hydrogens is 729 g/mol. The number of nitrogens with zero attached hydrogens (tertiary/aromatic N) is 6. The zero-order chi connectivity index (χ0) is 40.2. The Morgan fingerprint density at radius 3 is 2.16 bits per heavy atom. The van der Waals surface area contributed by atoms with Crippen molar-refractivity contribution in [1.29, 1.82) is 0 Å². The van der Waals surface area contributed by atoms with Crippen LogP contribution in [0.15, 0.2) is 97.5 Å². The number of imidazole rings is 2. The second-order valence-corrected chi connectivity index (χ2v) is 15.8. The lowest BCUT2D eigenvalue weighted by Crippen LogP contribution is -2.49. The molecule has 0 radical (unpaired) electrons. The highest BCUT2D eigenvalue weighted by Crippen LogP contribution is 2.38. The van der Waals surface area contributed by atoms with E-state index < -0.39 is 6.09 Å². The molecule has 0 bridgehead atoms. The van der Waals surface area contributed by atoms with Gasteiger partial charge in [0.2, 0.25) is 11.8 Å². The lowest BCUT2D eigenvalue weighted by Gasteiger charge is -2.35. The highest BCUT2D eigenvalue weighted by Gasteiger charge is 2.41. The molecule has 4 heterocycles. The Morgan fingerprint density at radius 1 is 0.793 bits per heavy atom. The highest BCUT2D eigenvalue weighted by molar-refractivity contribution is 5.84. The number of H-pyrrole nitrogens is 1. The Kier molecular flexibility index (Phi) is 11.7. The Morgan fingerprint density at radius 2 is 1.45 bits per heavy atom. The Labute approximate surface area is 340 Å². The predicted octanol–water partition coefficient (Wildman–Crippen LogP) is 8.17. The molecule has 0 spiro atoms. The average Bonchev–Trinajstić information content (AvgIpc) is 4.10. The van der Waals surface area contributed by atoms with Gasteiger partial charge in [-0.3, -0.25) is 14.5 Å². The Hall–Kier alpha value is -5.75. The van der Waals surface area contributed by atoms with Crippen LogP contribution < -0.4 is 5.32 Å². The van der Waals surface area contributed by atoms with Gasteiger partial charge in [0.1, 0.15) is 17.7 Å². The molecule has 2 aliphatic heterocycles. The highest BCUT2D eigenvalue weighted by atomic mass is 16.4. The zero-order valence-corrected chi connectivity index (χ0v) is 33.5. The smallest absolute Gasteiger partial charge is 0.404 e. The molecule has 1 aliphatic carbocycles. The summed E-state index contributed by atoms with van der Waals surface area (Å²) in [5, 5.41) is 12.0. The molecule has 2 saturated heterocycles. The van der Waals surface area contributed by atoms with Crippen molar-refractivity contribution in [3.8, 4) is 28.1 Å². The van der Waals surface area contributed by atoms with Crippen LogP contribution in [0.25, 0.3) is 28.1 Å². The largest absolute Gasteiger partial charge is 0.465 e. The first kappa shape index (κ1) is 39.1. The minimum atomic E-state index is -1.07. The summed E-state index contributed by atoms with van der Waals surface area (Å²) in [6.45, 7) is 7.16. The number of carboxylic acid groups (broad SMARTS) is 1. The van der Waals surface area contributed by atoms with Crippen molar-refractivity contribution in [1.82, 2.24) is 39.5 Å². The molecule has 3 aromatic carbocycles. The normalized spacial score (nSPS) is 21.4. The number of aromatic nitrogens is 4. The number of amides is 3.